The molecule has 2 rings (SSSR count). The quantitative estimate of drug-likeness (QED) is 0.853. The van der Waals surface area contributed by atoms with Crippen molar-refractivity contribution in [3.05, 3.63) is 46.8 Å². The average Bonchev–Trinajstić information content (AvgIpc) is 2.39. The number of hydrogen-bond donors (Lipinski definition) is 2. The summed E-state index contributed by atoms with van der Waals surface area (Å²) in [6, 6.07) is 8.78. The topological polar surface area (TPSA) is 74.8 Å². The number of rotatable bonds is 3. The van der Waals surface area contributed by atoms with Crippen LogP contribution in [-0.4, -0.2) is 21.5 Å². The predicted octanol–water partition coefficient (Wildman–Crippen LogP) is 2.21. The van der Waals surface area contributed by atoms with E-state index in [9.17, 15) is 18.4 Å². The molecule has 0 aliphatic carbocycles. The smallest absolute Gasteiger partial charge is 0.320 e. The highest BCUT2D eigenvalue weighted by molar-refractivity contribution is 6.33. The molecule has 0 bridgehead atoms. The summed E-state index contributed by atoms with van der Waals surface area (Å²) in [5, 5.41) is 4.10. The Balaban J connectivity index is 2.16. The molecule has 8 heteroatoms. The molecule has 1 aromatic carbocycles. The molecule has 2 aromatic rings. The van der Waals surface area contributed by atoms with E-state index in [2.05, 4.69) is 21.8 Å². The van der Waals surface area contributed by atoms with Gasteiger partial charge in [0.25, 0.3) is 5.56 Å². The number of aromatic amines is 1. The molecule has 1 aromatic heterocycles. The van der Waals surface area contributed by atoms with Crippen LogP contribution in [0, 0.1) is 0 Å². The fourth-order valence-corrected chi connectivity index (χ4v) is 1.48. The van der Waals surface area contributed by atoms with E-state index >= 15 is 0 Å². The Bertz CT molecular complexity index is 660. The zero-order valence-corrected chi connectivity index (χ0v) is 10.6. The number of halogens is 3. The van der Waals surface area contributed by atoms with Gasteiger partial charge in [-0.3, -0.25) is 9.59 Å². The highest BCUT2D eigenvalue weighted by Gasteiger charge is 2.35. The summed E-state index contributed by atoms with van der Waals surface area (Å²) >= 11 is 4.59. The number of carbonyl (C=O) groups excluding carboxylic acids is 1. The third kappa shape index (κ3) is 3.39. The van der Waals surface area contributed by atoms with E-state index in [0.717, 1.165) is 0 Å². The Hall–Kier alpha value is -2.28. The monoisotopic (exact) mass is 299 g/mol. The molecule has 20 heavy (non-hydrogen) atoms. The Morgan fingerprint density at radius 3 is 2.35 bits per heavy atom. The molecule has 0 aliphatic heterocycles. The van der Waals surface area contributed by atoms with Crippen molar-refractivity contribution in [1.82, 2.24) is 10.2 Å². The van der Waals surface area contributed by atoms with Crippen molar-refractivity contribution >= 4 is 23.2 Å². The van der Waals surface area contributed by atoms with Crippen molar-refractivity contribution in [2.24, 2.45) is 0 Å². The lowest BCUT2D eigenvalue weighted by Crippen LogP contribution is -2.28. The number of alkyl halides is 3. The summed E-state index contributed by atoms with van der Waals surface area (Å²) in [5.74, 6) is -1.60. The molecule has 0 spiro atoms. The lowest BCUT2D eigenvalue weighted by atomic mass is 10.1. The van der Waals surface area contributed by atoms with Gasteiger partial charge in [0.2, 0.25) is 0 Å². The van der Waals surface area contributed by atoms with E-state index < -0.39 is 11.3 Å². The Labute approximate surface area is 116 Å². The van der Waals surface area contributed by atoms with Crippen molar-refractivity contribution in [1.29, 1.82) is 0 Å². The summed E-state index contributed by atoms with van der Waals surface area (Å²) in [4.78, 5) is 21.9. The van der Waals surface area contributed by atoms with E-state index in [1.807, 2.05) is 5.32 Å². The number of amides is 1. The average molecular weight is 300 g/mol. The third-order valence-electron chi connectivity index (χ3n) is 2.38. The van der Waals surface area contributed by atoms with Crippen LogP contribution in [-0.2, 0) is 4.79 Å². The predicted molar refractivity (Wildman–Crippen MR) is 69.7 cm³/mol. The normalized spacial score (nSPS) is 11.2. The fourth-order valence-electron chi connectivity index (χ4n) is 1.43. The number of carbonyl (C=O) groups is 1. The van der Waals surface area contributed by atoms with Gasteiger partial charge in [-0.15, -0.1) is 0 Å². The van der Waals surface area contributed by atoms with Crippen molar-refractivity contribution in [2.75, 3.05) is 5.32 Å². The second-order valence-electron chi connectivity index (χ2n) is 3.84. The summed E-state index contributed by atoms with van der Waals surface area (Å²) in [7, 11) is 0. The minimum Gasteiger partial charge on any atom is -0.320 e. The number of nitrogens with one attached hydrogen (secondary N) is 2. The molecule has 0 atom stereocenters. The van der Waals surface area contributed by atoms with Gasteiger partial charge in [-0.05, 0) is 29.8 Å². The number of benzene rings is 1. The molecule has 1 amide bonds. The first-order valence-corrected chi connectivity index (χ1v) is 5.78. The number of anilines is 1. The maximum atomic E-state index is 12.5. The molecule has 2 N–H and O–H groups in total. The second-order valence-corrected chi connectivity index (χ2v) is 4.31. The molecule has 0 radical (unpaired) electrons. The van der Waals surface area contributed by atoms with Crippen LogP contribution < -0.4 is 10.9 Å². The molecule has 1 heterocycles. The lowest BCUT2D eigenvalue weighted by Gasteiger charge is -2.09. The van der Waals surface area contributed by atoms with Crippen LogP contribution in [0.2, 0.25) is 0 Å². The molecular formula is C12H8ClF2N3O2. The van der Waals surface area contributed by atoms with Gasteiger partial charge in [-0.1, -0.05) is 12.1 Å². The van der Waals surface area contributed by atoms with E-state index in [-0.39, 0.29) is 11.2 Å². The van der Waals surface area contributed by atoms with E-state index in [1.165, 1.54) is 24.3 Å². The Kier molecular flexibility index (Phi) is 3.80. The van der Waals surface area contributed by atoms with Crippen LogP contribution in [0.5, 0.6) is 0 Å². The SMILES string of the molecule is O=C(Nc1ccc(-c2ccc(=O)[nH]n2)cc1)C(F)(F)Cl. The number of hydrogen-bond acceptors (Lipinski definition) is 3. The van der Waals surface area contributed by atoms with Crippen LogP contribution in [0.25, 0.3) is 11.3 Å². The standard InChI is InChI=1S/C12H8ClF2N3O2/c13-12(14,15)11(20)16-8-3-1-7(2-4-8)9-5-6-10(19)18-17-9/h1-6H,(H,16,20)(H,18,19). The van der Waals surface area contributed by atoms with Gasteiger partial charge in [0.1, 0.15) is 0 Å². The first-order chi connectivity index (χ1) is 9.36. The van der Waals surface area contributed by atoms with Crippen molar-refractivity contribution in [3.63, 3.8) is 0 Å². The number of aromatic nitrogens is 2. The summed E-state index contributed by atoms with van der Waals surface area (Å²) < 4.78 is 25.0. The van der Waals surface area contributed by atoms with Gasteiger partial charge in [0, 0.05) is 17.3 Å². The van der Waals surface area contributed by atoms with Crippen molar-refractivity contribution in [2.45, 2.75) is 5.38 Å². The maximum absolute atomic E-state index is 12.5. The highest BCUT2D eigenvalue weighted by Crippen LogP contribution is 2.23. The molecule has 0 saturated heterocycles. The largest absolute Gasteiger partial charge is 0.400 e. The number of H-pyrrole nitrogens is 1. The second kappa shape index (κ2) is 5.38. The van der Waals surface area contributed by atoms with E-state index in [4.69, 9.17) is 0 Å². The van der Waals surface area contributed by atoms with Crippen LogP contribution in [0.4, 0.5) is 14.5 Å². The maximum Gasteiger partial charge on any atom is 0.400 e. The zero-order chi connectivity index (χ0) is 14.8. The van der Waals surface area contributed by atoms with Crippen molar-refractivity contribution in [3.8, 4) is 11.3 Å². The molecule has 5 nitrogen and oxygen atoms in total. The van der Waals surface area contributed by atoms with Gasteiger partial charge in [0.15, 0.2) is 0 Å². The summed E-state index contributed by atoms with van der Waals surface area (Å²) in [6.07, 6.45) is 0. The third-order valence-corrected chi connectivity index (χ3v) is 2.55. The van der Waals surface area contributed by atoms with Gasteiger partial charge >= 0.3 is 11.3 Å². The first-order valence-electron chi connectivity index (χ1n) is 5.40. The lowest BCUT2D eigenvalue weighted by molar-refractivity contribution is -0.130. The molecule has 0 aliphatic rings. The Morgan fingerprint density at radius 1 is 1.20 bits per heavy atom. The van der Waals surface area contributed by atoms with Crippen LogP contribution in [0.15, 0.2) is 41.2 Å². The van der Waals surface area contributed by atoms with Crippen LogP contribution in [0.1, 0.15) is 0 Å². The van der Waals surface area contributed by atoms with Gasteiger partial charge in [-0.2, -0.15) is 13.9 Å². The van der Waals surface area contributed by atoms with E-state index in [1.54, 1.807) is 12.1 Å². The first kappa shape index (κ1) is 14.1. The molecule has 0 saturated carbocycles. The number of nitrogens with zero attached hydrogens (tertiary/aromatic N) is 1. The molecule has 0 unspecified atom stereocenters. The summed E-state index contributed by atoms with van der Waals surface area (Å²) in [6.45, 7) is 0. The summed E-state index contributed by atoms with van der Waals surface area (Å²) in [5.41, 5.74) is 0.993. The van der Waals surface area contributed by atoms with Gasteiger partial charge in [-0.25, -0.2) is 5.10 Å². The molecular weight excluding hydrogens is 292 g/mol. The highest BCUT2D eigenvalue weighted by atomic mass is 35.5. The fraction of sp³-hybridized carbons (Fsp3) is 0.0833. The Morgan fingerprint density at radius 2 is 1.85 bits per heavy atom. The molecule has 104 valence electrons. The van der Waals surface area contributed by atoms with Crippen molar-refractivity contribution < 1.29 is 13.6 Å². The minimum atomic E-state index is -3.96. The zero-order valence-electron chi connectivity index (χ0n) is 9.86. The van der Waals surface area contributed by atoms with Crippen LogP contribution in [0.3, 0.4) is 0 Å². The van der Waals surface area contributed by atoms with Gasteiger partial charge in [0.05, 0.1) is 5.69 Å². The van der Waals surface area contributed by atoms with Gasteiger partial charge < -0.3 is 5.32 Å². The van der Waals surface area contributed by atoms with Crippen LogP contribution >= 0.6 is 11.6 Å². The van der Waals surface area contributed by atoms with E-state index in [0.29, 0.717) is 11.3 Å². The molecule has 0 fully saturated rings. The minimum absolute atomic E-state index is 0.170.